The zero-order valence-corrected chi connectivity index (χ0v) is 15.1. The van der Waals surface area contributed by atoms with Crippen LogP contribution in [0.3, 0.4) is 0 Å². The van der Waals surface area contributed by atoms with E-state index in [-0.39, 0.29) is 18.2 Å². The number of benzene rings is 1. The van der Waals surface area contributed by atoms with Gasteiger partial charge in [0.05, 0.1) is 6.10 Å². The first-order valence-electron chi connectivity index (χ1n) is 8.66. The van der Waals surface area contributed by atoms with E-state index in [0.717, 1.165) is 17.5 Å². The van der Waals surface area contributed by atoms with E-state index < -0.39 is 6.10 Å². The second-order valence-electron chi connectivity index (χ2n) is 6.34. The van der Waals surface area contributed by atoms with Crippen molar-refractivity contribution >= 4 is 11.7 Å². The van der Waals surface area contributed by atoms with Crippen LogP contribution in [0.4, 0.5) is 0 Å². The van der Waals surface area contributed by atoms with E-state index in [1.807, 2.05) is 37.3 Å². The van der Waals surface area contributed by atoms with Crippen LogP contribution in [0.25, 0.3) is 0 Å². The maximum atomic E-state index is 12.5. The van der Waals surface area contributed by atoms with Gasteiger partial charge in [-0.25, -0.2) is 0 Å². The lowest BCUT2D eigenvalue weighted by Gasteiger charge is -2.12. The number of aromatic amines is 1. The predicted molar refractivity (Wildman–Crippen MR) is 98.0 cm³/mol. The van der Waals surface area contributed by atoms with Gasteiger partial charge in [-0.15, -0.1) is 0 Å². The molecule has 0 saturated carbocycles. The number of carbonyl (C=O) groups is 2. The molecule has 0 spiro atoms. The van der Waals surface area contributed by atoms with Gasteiger partial charge in [0.15, 0.2) is 5.78 Å². The van der Waals surface area contributed by atoms with Crippen LogP contribution in [0.1, 0.15) is 57.9 Å². The van der Waals surface area contributed by atoms with E-state index in [0.29, 0.717) is 29.8 Å². The summed E-state index contributed by atoms with van der Waals surface area (Å²) in [6, 6.07) is 9.65. The number of hydrogen-bond donors (Lipinski definition) is 3. The first-order valence-corrected chi connectivity index (χ1v) is 8.66. The topological polar surface area (TPSA) is 82.2 Å². The number of hydrogen-bond acceptors (Lipinski definition) is 3. The lowest BCUT2D eigenvalue weighted by atomic mass is 10.0. The Kier molecular flexibility index (Phi) is 6.53. The fourth-order valence-electron chi connectivity index (χ4n) is 3.10. The van der Waals surface area contributed by atoms with Gasteiger partial charge in [-0.3, -0.25) is 9.59 Å². The van der Waals surface area contributed by atoms with Crippen molar-refractivity contribution in [1.82, 2.24) is 10.3 Å². The Bertz CT molecular complexity index is 735. The van der Waals surface area contributed by atoms with Crippen LogP contribution in [-0.2, 0) is 12.8 Å². The number of aliphatic hydroxyl groups is 1. The van der Waals surface area contributed by atoms with Gasteiger partial charge >= 0.3 is 0 Å². The molecule has 3 N–H and O–H groups in total. The van der Waals surface area contributed by atoms with Crippen molar-refractivity contribution in [2.45, 2.75) is 46.1 Å². The highest BCUT2D eigenvalue weighted by atomic mass is 16.3. The minimum absolute atomic E-state index is 0.0413. The van der Waals surface area contributed by atoms with Crippen LogP contribution in [-0.4, -0.2) is 34.4 Å². The van der Waals surface area contributed by atoms with Crippen LogP contribution in [0.5, 0.6) is 0 Å². The molecule has 0 saturated heterocycles. The molecule has 5 heteroatoms. The van der Waals surface area contributed by atoms with Gasteiger partial charge < -0.3 is 15.4 Å². The van der Waals surface area contributed by atoms with Crippen molar-refractivity contribution in [3.8, 4) is 0 Å². The van der Waals surface area contributed by atoms with Crippen molar-refractivity contribution in [3.63, 3.8) is 0 Å². The SMILES string of the molecule is CCCc1c(C(=O)NCC(O)Cc2ccccc2)[nH]c(C)c1C(C)=O. The van der Waals surface area contributed by atoms with E-state index >= 15 is 0 Å². The average molecular weight is 342 g/mol. The molecule has 0 bridgehead atoms. The Morgan fingerprint density at radius 1 is 1.24 bits per heavy atom. The van der Waals surface area contributed by atoms with Crippen molar-refractivity contribution < 1.29 is 14.7 Å². The summed E-state index contributed by atoms with van der Waals surface area (Å²) in [5.74, 6) is -0.327. The summed E-state index contributed by atoms with van der Waals surface area (Å²) in [6.45, 7) is 5.49. The third-order valence-electron chi connectivity index (χ3n) is 4.18. The van der Waals surface area contributed by atoms with E-state index in [1.165, 1.54) is 6.92 Å². The Labute approximate surface area is 148 Å². The van der Waals surface area contributed by atoms with Gasteiger partial charge in [-0.1, -0.05) is 43.7 Å². The van der Waals surface area contributed by atoms with Crippen LogP contribution < -0.4 is 5.32 Å². The number of aliphatic hydroxyl groups excluding tert-OH is 1. The number of aromatic nitrogens is 1. The molecular formula is C20H26N2O3. The number of amides is 1. The van der Waals surface area contributed by atoms with Gasteiger partial charge in [-0.05, 0) is 31.4 Å². The minimum atomic E-state index is -0.663. The second-order valence-corrected chi connectivity index (χ2v) is 6.34. The smallest absolute Gasteiger partial charge is 0.268 e. The molecule has 25 heavy (non-hydrogen) atoms. The summed E-state index contributed by atoms with van der Waals surface area (Å²) >= 11 is 0. The maximum absolute atomic E-state index is 12.5. The molecule has 1 aromatic heterocycles. The van der Waals surface area contributed by atoms with Crippen LogP contribution in [0.2, 0.25) is 0 Å². The van der Waals surface area contributed by atoms with E-state index in [1.54, 1.807) is 6.92 Å². The van der Waals surface area contributed by atoms with Crippen molar-refractivity contribution in [3.05, 3.63) is 58.4 Å². The summed E-state index contributed by atoms with van der Waals surface area (Å²) in [6.07, 6.45) is 1.32. The minimum Gasteiger partial charge on any atom is -0.391 e. The molecule has 1 atom stereocenters. The molecular weight excluding hydrogens is 316 g/mol. The number of H-pyrrole nitrogens is 1. The first-order chi connectivity index (χ1) is 11.9. The van der Waals surface area contributed by atoms with Gasteiger partial charge in [-0.2, -0.15) is 0 Å². The highest BCUT2D eigenvalue weighted by molar-refractivity contribution is 6.02. The largest absolute Gasteiger partial charge is 0.391 e. The van der Waals surface area contributed by atoms with Gasteiger partial charge in [0.2, 0.25) is 0 Å². The maximum Gasteiger partial charge on any atom is 0.268 e. The van der Waals surface area contributed by atoms with E-state index in [4.69, 9.17) is 0 Å². The van der Waals surface area contributed by atoms with Crippen molar-refractivity contribution in [2.75, 3.05) is 6.54 Å². The monoisotopic (exact) mass is 342 g/mol. The molecule has 2 aromatic rings. The van der Waals surface area contributed by atoms with Crippen LogP contribution in [0.15, 0.2) is 30.3 Å². The molecule has 134 valence electrons. The summed E-state index contributed by atoms with van der Waals surface area (Å²) < 4.78 is 0. The molecule has 0 radical (unpaired) electrons. The average Bonchev–Trinajstić information content (AvgIpc) is 2.90. The molecule has 1 aromatic carbocycles. The number of ketones is 1. The molecule has 1 heterocycles. The molecule has 0 aliphatic heterocycles. The van der Waals surface area contributed by atoms with E-state index in [9.17, 15) is 14.7 Å². The summed E-state index contributed by atoms with van der Waals surface area (Å²) in [5.41, 5.74) is 3.53. The molecule has 0 fully saturated rings. The number of carbonyl (C=O) groups excluding carboxylic acids is 2. The lowest BCUT2D eigenvalue weighted by Crippen LogP contribution is -2.34. The summed E-state index contributed by atoms with van der Waals surface area (Å²) in [5, 5.41) is 12.9. The highest BCUT2D eigenvalue weighted by Gasteiger charge is 2.22. The summed E-state index contributed by atoms with van der Waals surface area (Å²) in [7, 11) is 0. The Morgan fingerprint density at radius 2 is 1.92 bits per heavy atom. The molecule has 1 unspecified atom stereocenters. The van der Waals surface area contributed by atoms with Gasteiger partial charge in [0, 0.05) is 24.2 Å². The normalized spacial score (nSPS) is 12.0. The fourth-order valence-corrected chi connectivity index (χ4v) is 3.10. The third kappa shape index (κ3) is 4.79. The Hall–Kier alpha value is -2.40. The molecule has 2 rings (SSSR count). The zero-order valence-electron chi connectivity index (χ0n) is 15.1. The summed E-state index contributed by atoms with van der Waals surface area (Å²) in [4.78, 5) is 27.4. The van der Waals surface area contributed by atoms with Gasteiger partial charge in [0.25, 0.3) is 5.91 Å². The third-order valence-corrected chi connectivity index (χ3v) is 4.18. The van der Waals surface area contributed by atoms with Crippen molar-refractivity contribution in [1.29, 1.82) is 0 Å². The predicted octanol–water partition coefficient (Wildman–Crippen LogP) is 2.81. The van der Waals surface area contributed by atoms with E-state index in [2.05, 4.69) is 10.3 Å². The number of rotatable bonds is 8. The lowest BCUT2D eigenvalue weighted by molar-refractivity contribution is 0.0910. The van der Waals surface area contributed by atoms with Crippen molar-refractivity contribution in [2.24, 2.45) is 0 Å². The Morgan fingerprint density at radius 3 is 2.52 bits per heavy atom. The first kappa shape index (κ1) is 18.9. The molecule has 0 aliphatic carbocycles. The quantitative estimate of drug-likeness (QED) is 0.645. The number of nitrogens with one attached hydrogen (secondary N) is 2. The van der Waals surface area contributed by atoms with Crippen LogP contribution in [0, 0.1) is 6.92 Å². The zero-order chi connectivity index (χ0) is 18.4. The Balaban J connectivity index is 2.05. The molecule has 5 nitrogen and oxygen atoms in total. The van der Waals surface area contributed by atoms with Gasteiger partial charge in [0.1, 0.15) is 5.69 Å². The number of aryl methyl sites for hydroxylation is 1. The molecule has 0 aliphatic rings. The van der Waals surface area contributed by atoms with Crippen LogP contribution >= 0.6 is 0 Å². The second kappa shape index (κ2) is 8.62. The molecule has 1 amide bonds. The number of Topliss-reactive ketones (excluding diaryl/α,β-unsaturated/α-hetero) is 1. The standard InChI is InChI=1S/C20H26N2O3/c1-4-8-17-18(14(3)23)13(2)22-19(17)20(25)21-12-16(24)11-15-9-6-5-7-10-15/h5-7,9-10,16,22,24H,4,8,11-12H2,1-3H3,(H,21,25). The fraction of sp³-hybridized carbons (Fsp3) is 0.400. The highest BCUT2D eigenvalue weighted by Crippen LogP contribution is 2.21.